The van der Waals surface area contributed by atoms with E-state index in [1.165, 1.54) is 5.56 Å². The third kappa shape index (κ3) is 4.48. The number of hydrogen-bond donors (Lipinski definition) is 1. The highest BCUT2D eigenvalue weighted by atomic mass is 16.5. The second-order valence-corrected chi connectivity index (χ2v) is 5.02. The van der Waals surface area contributed by atoms with Gasteiger partial charge in [0.2, 0.25) is 5.88 Å². The highest BCUT2D eigenvalue weighted by Crippen LogP contribution is 2.16. The molecule has 0 unspecified atom stereocenters. The maximum Gasteiger partial charge on any atom is 0.258 e. The molecule has 116 valence electrons. The predicted octanol–water partition coefficient (Wildman–Crippen LogP) is 2.40. The number of carbonyl (C=O) groups is 1. The van der Waals surface area contributed by atoms with E-state index in [9.17, 15) is 4.79 Å². The van der Waals surface area contributed by atoms with Crippen LogP contribution in [0.4, 0.5) is 0 Å². The molecule has 1 N–H and O–H groups in total. The van der Waals surface area contributed by atoms with Crippen LogP contribution < -0.4 is 14.8 Å². The van der Waals surface area contributed by atoms with Gasteiger partial charge in [0.1, 0.15) is 5.75 Å². The number of methoxy groups -OCH3 is 1. The first-order valence-corrected chi connectivity index (χ1v) is 7.04. The van der Waals surface area contributed by atoms with E-state index in [2.05, 4.69) is 10.3 Å². The number of amides is 1. The van der Waals surface area contributed by atoms with Crippen LogP contribution in [-0.4, -0.2) is 24.6 Å². The fourth-order valence-electron chi connectivity index (χ4n) is 1.84. The molecule has 0 radical (unpaired) electrons. The average Bonchev–Trinajstić information content (AvgIpc) is 2.54. The summed E-state index contributed by atoms with van der Waals surface area (Å²) < 4.78 is 10.5. The minimum absolute atomic E-state index is 0.00785. The number of aromatic nitrogens is 1. The summed E-state index contributed by atoms with van der Waals surface area (Å²) in [6.45, 7) is 4.45. The van der Waals surface area contributed by atoms with Gasteiger partial charge in [0.05, 0.1) is 7.11 Å². The van der Waals surface area contributed by atoms with Gasteiger partial charge in [0.15, 0.2) is 6.61 Å². The lowest BCUT2D eigenvalue weighted by atomic mass is 10.1. The molecule has 2 rings (SSSR count). The summed E-state index contributed by atoms with van der Waals surface area (Å²) in [4.78, 5) is 15.9. The lowest BCUT2D eigenvalue weighted by Crippen LogP contribution is -2.28. The number of pyridine rings is 1. The quantitative estimate of drug-likeness (QED) is 0.890. The molecule has 0 saturated carbocycles. The van der Waals surface area contributed by atoms with Crippen molar-refractivity contribution in [3.05, 3.63) is 53.2 Å². The number of benzene rings is 1. The van der Waals surface area contributed by atoms with Crippen molar-refractivity contribution >= 4 is 5.91 Å². The van der Waals surface area contributed by atoms with Gasteiger partial charge in [-0.15, -0.1) is 0 Å². The topological polar surface area (TPSA) is 60.5 Å². The largest absolute Gasteiger partial charge is 0.484 e. The predicted molar refractivity (Wildman–Crippen MR) is 84.0 cm³/mol. The van der Waals surface area contributed by atoms with Gasteiger partial charge in [0.25, 0.3) is 5.91 Å². The Balaban J connectivity index is 1.78. The van der Waals surface area contributed by atoms with Crippen LogP contribution in [0.25, 0.3) is 0 Å². The maximum absolute atomic E-state index is 11.8. The summed E-state index contributed by atoms with van der Waals surface area (Å²) in [6.07, 6.45) is 1.67. The number of aryl methyl sites for hydroxylation is 2. The lowest BCUT2D eigenvalue weighted by Gasteiger charge is -2.09. The molecule has 0 fully saturated rings. The van der Waals surface area contributed by atoms with Crippen molar-refractivity contribution in [3.8, 4) is 11.6 Å². The first kappa shape index (κ1) is 15.8. The van der Waals surface area contributed by atoms with Gasteiger partial charge in [-0.3, -0.25) is 4.79 Å². The van der Waals surface area contributed by atoms with Crippen molar-refractivity contribution in [1.29, 1.82) is 0 Å². The Labute approximate surface area is 130 Å². The van der Waals surface area contributed by atoms with Crippen LogP contribution >= 0.6 is 0 Å². The Morgan fingerprint density at radius 1 is 1.18 bits per heavy atom. The Hall–Kier alpha value is -2.56. The molecule has 2 aromatic rings. The lowest BCUT2D eigenvalue weighted by molar-refractivity contribution is -0.123. The molecule has 5 nitrogen and oxygen atoms in total. The van der Waals surface area contributed by atoms with E-state index in [0.717, 1.165) is 11.1 Å². The molecule has 22 heavy (non-hydrogen) atoms. The Morgan fingerprint density at radius 2 is 2.00 bits per heavy atom. The van der Waals surface area contributed by atoms with Gasteiger partial charge < -0.3 is 14.8 Å². The molecule has 1 aromatic heterocycles. The van der Waals surface area contributed by atoms with Crippen LogP contribution in [0.5, 0.6) is 11.6 Å². The number of ether oxygens (including phenoxy) is 2. The van der Waals surface area contributed by atoms with E-state index in [1.54, 1.807) is 19.4 Å². The van der Waals surface area contributed by atoms with Crippen LogP contribution in [0, 0.1) is 13.8 Å². The van der Waals surface area contributed by atoms with Crippen molar-refractivity contribution in [2.75, 3.05) is 13.7 Å². The van der Waals surface area contributed by atoms with Crippen LogP contribution in [0.3, 0.4) is 0 Å². The summed E-state index contributed by atoms with van der Waals surface area (Å²) >= 11 is 0. The van der Waals surface area contributed by atoms with Gasteiger partial charge in [-0.05, 0) is 42.7 Å². The number of carbonyl (C=O) groups excluding carboxylic acids is 1. The molecule has 0 aliphatic rings. The van der Waals surface area contributed by atoms with Crippen molar-refractivity contribution in [1.82, 2.24) is 10.3 Å². The zero-order valence-electron chi connectivity index (χ0n) is 13.1. The second-order valence-electron chi connectivity index (χ2n) is 5.02. The fraction of sp³-hybridized carbons (Fsp3) is 0.294. The SMILES string of the molecule is COc1ccc(CNC(=O)COc2ccc(C)c(C)c2)cn1. The van der Waals surface area contributed by atoms with Gasteiger partial charge in [0, 0.05) is 18.8 Å². The molecule has 0 bridgehead atoms. The van der Waals surface area contributed by atoms with Crippen molar-refractivity contribution in [2.45, 2.75) is 20.4 Å². The van der Waals surface area contributed by atoms with E-state index < -0.39 is 0 Å². The second kappa shape index (κ2) is 7.45. The molecule has 0 spiro atoms. The van der Waals surface area contributed by atoms with E-state index in [4.69, 9.17) is 9.47 Å². The van der Waals surface area contributed by atoms with E-state index >= 15 is 0 Å². The molecule has 1 heterocycles. The monoisotopic (exact) mass is 300 g/mol. The zero-order chi connectivity index (χ0) is 15.9. The molecular formula is C17H20N2O3. The first-order chi connectivity index (χ1) is 10.6. The highest BCUT2D eigenvalue weighted by molar-refractivity contribution is 5.77. The highest BCUT2D eigenvalue weighted by Gasteiger charge is 2.04. The summed E-state index contributed by atoms with van der Waals surface area (Å²) in [5.74, 6) is 1.08. The molecule has 0 saturated heterocycles. The van der Waals surface area contributed by atoms with E-state index in [0.29, 0.717) is 18.2 Å². The minimum Gasteiger partial charge on any atom is -0.484 e. The van der Waals surface area contributed by atoms with Gasteiger partial charge in [-0.2, -0.15) is 0 Å². The molecule has 0 atom stereocenters. The number of hydrogen-bond acceptors (Lipinski definition) is 4. The number of rotatable bonds is 6. The smallest absolute Gasteiger partial charge is 0.258 e. The first-order valence-electron chi connectivity index (χ1n) is 7.04. The van der Waals surface area contributed by atoms with Crippen LogP contribution in [0.1, 0.15) is 16.7 Å². The molecule has 0 aliphatic heterocycles. The van der Waals surface area contributed by atoms with Crippen LogP contribution in [0.15, 0.2) is 36.5 Å². The molecule has 1 aromatic carbocycles. The standard InChI is InChI=1S/C17H20N2O3/c1-12-4-6-15(8-13(12)2)22-11-16(20)18-9-14-5-7-17(21-3)19-10-14/h4-8,10H,9,11H2,1-3H3,(H,18,20). The van der Waals surface area contributed by atoms with E-state index in [-0.39, 0.29) is 12.5 Å². The molecule has 1 amide bonds. The Kier molecular flexibility index (Phi) is 5.36. The molecular weight excluding hydrogens is 280 g/mol. The molecule has 5 heteroatoms. The fourth-order valence-corrected chi connectivity index (χ4v) is 1.84. The summed E-state index contributed by atoms with van der Waals surface area (Å²) in [5.41, 5.74) is 3.24. The third-order valence-electron chi connectivity index (χ3n) is 3.34. The van der Waals surface area contributed by atoms with E-state index in [1.807, 2.05) is 38.1 Å². The third-order valence-corrected chi connectivity index (χ3v) is 3.34. The Morgan fingerprint density at radius 3 is 2.64 bits per heavy atom. The maximum atomic E-state index is 11.8. The van der Waals surface area contributed by atoms with Crippen molar-refractivity contribution < 1.29 is 14.3 Å². The zero-order valence-corrected chi connectivity index (χ0v) is 13.1. The normalized spacial score (nSPS) is 10.1. The van der Waals surface area contributed by atoms with Crippen molar-refractivity contribution in [2.24, 2.45) is 0 Å². The summed E-state index contributed by atoms with van der Waals surface area (Å²) in [5, 5.41) is 2.79. The minimum atomic E-state index is -0.172. The number of nitrogens with zero attached hydrogens (tertiary/aromatic N) is 1. The summed E-state index contributed by atoms with van der Waals surface area (Å²) in [7, 11) is 1.56. The average molecular weight is 300 g/mol. The van der Waals surface area contributed by atoms with Gasteiger partial charge in [-0.1, -0.05) is 12.1 Å². The van der Waals surface area contributed by atoms with Gasteiger partial charge in [-0.25, -0.2) is 4.98 Å². The Bertz CT molecular complexity index is 639. The van der Waals surface area contributed by atoms with Crippen LogP contribution in [-0.2, 0) is 11.3 Å². The van der Waals surface area contributed by atoms with Gasteiger partial charge >= 0.3 is 0 Å². The number of nitrogens with one attached hydrogen (secondary N) is 1. The van der Waals surface area contributed by atoms with Crippen LogP contribution in [0.2, 0.25) is 0 Å². The molecule has 0 aliphatic carbocycles. The summed E-state index contributed by atoms with van der Waals surface area (Å²) in [6, 6.07) is 9.38. The van der Waals surface area contributed by atoms with Crippen molar-refractivity contribution in [3.63, 3.8) is 0 Å².